The summed E-state index contributed by atoms with van der Waals surface area (Å²) in [4.78, 5) is 3.66. The number of hydrogen-bond donors (Lipinski definition) is 1. The molecule has 0 saturated carbocycles. The van der Waals surface area contributed by atoms with Crippen LogP contribution in [-0.4, -0.2) is 19.7 Å². The predicted molar refractivity (Wildman–Crippen MR) is 52.7 cm³/mol. The first-order chi connectivity index (χ1) is 5.88. The molecule has 0 aliphatic heterocycles. The minimum atomic E-state index is -3.33. The minimum Gasteiger partial charge on any atom is -0.281 e. The molecule has 1 aromatic rings. The molecule has 1 heterocycles. The van der Waals surface area contributed by atoms with Crippen LogP contribution in [0, 0.1) is 0 Å². The summed E-state index contributed by atoms with van der Waals surface area (Å²) >= 11 is 11.1. The zero-order chi connectivity index (χ0) is 10.1. The first kappa shape index (κ1) is 10.6. The molecule has 1 N–H and O–H groups in total. The SMILES string of the molecule is CS(=O)(=O)Nc1ccc(Cl)nc1Cl. The Labute approximate surface area is 85.9 Å². The summed E-state index contributed by atoms with van der Waals surface area (Å²) in [5.41, 5.74) is 0.216. The molecular weight excluding hydrogens is 235 g/mol. The van der Waals surface area contributed by atoms with Crippen molar-refractivity contribution >= 4 is 38.9 Å². The highest BCUT2D eigenvalue weighted by Gasteiger charge is 2.06. The molecule has 0 amide bonds. The maximum atomic E-state index is 10.8. The summed E-state index contributed by atoms with van der Waals surface area (Å²) in [6.45, 7) is 0. The van der Waals surface area contributed by atoms with Gasteiger partial charge in [-0.05, 0) is 12.1 Å². The third-order valence-electron chi connectivity index (χ3n) is 1.11. The van der Waals surface area contributed by atoms with Crippen LogP contribution in [0.4, 0.5) is 5.69 Å². The van der Waals surface area contributed by atoms with Crippen LogP contribution in [-0.2, 0) is 10.0 Å². The van der Waals surface area contributed by atoms with Gasteiger partial charge in [0, 0.05) is 0 Å². The van der Waals surface area contributed by atoms with Crippen LogP contribution in [0.1, 0.15) is 0 Å². The van der Waals surface area contributed by atoms with Crippen LogP contribution in [0.15, 0.2) is 12.1 Å². The molecule has 72 valence electrons. The lowest BCUT2D eigenvalue weighted by molar-refractivity contribution is 0.607. The van der Waals surface area contributed by atoms with E-state index in [0.717, 1.165) is 6.26 Å². The van der Waals surface area contributed by atoms with Gasteiger partial charge in [0.25, 0.3) is 0 Å². The number of rotatable bonds is 2. The van der Waals surface area contributed by atoms with Crippen molar-refractivity contribution in [1.82, 2.24) is 4.98 Å². The predicted octanol–water partition coefficient (Wildman–Crippen LogP) is 1.76. The second kappa shape index (κ2) is 3.69. The number of aromatic nitrogens is 1. The van der Waals surface area contributed by atoms with E-state index in [9.17, 15) is 8.42 Å². The normalized spacial score (nSPS) is 11.3. The lowest BCUT2D eigenvalue weighted by atomic mass is 10.4. The van der Waals surface area contributed by atoms with Crippen LogP contribution < -0.4 is 4.72 Å². The fourth-order valence-electron chi connectivity index (χ4n) is 0.688. The molecule has 0 bridgehead atoms. The molecule has 0 unspecified atom stereocenters. The molecule has 0 aliphatic carbocycles. The van der Waals surface area contributed by atoms with Crippen molar-refractivity contribution in [2.45, 2.75) is 0 Å². The first-order valence-corrected chi connectivity index (χ1v) is 5.83. The number of nitrogens with one attached hydrogen (secondary N) is 1. The Morgan fingerprint density at radius 3 is 2.46 bits per heavy atom. The van der Waals surface area contributed by atoms with Crippen LogP contribution >= 0.6 is 23.2 Å². The monoisotopic (exact) mass is 240 g/mol. The maximum absolute atomic E-state index is 10.8. The van der Waals surface area contributed by atoms with Gasteiger partial charge in [0.05, 0.1) is 11.9 Å². The highest BCUT2D eigenvalue weighted by atomic mass is 35.5. The Balaban J connectivity index is 3.04. The van der Waals surface area contributed by atoms with E-state index in [1.54, 1.807) is 0 Å². The van der Waals surface area contributed by atoms with Gasteiger partial charge in [0.15, 0.2) is 5.15 Å². The summed E-state index contributed by atoms with van der Waals surface area (Å²) in [5, 5.41) is 0.238. The second-order valence-electron chi connectivity index (χ2n) is 2.35. The Morgan fingerprint density at radius 1 is 1.38 bits per heavy atom. The van der Waals surface area contributed by atoms with Gasteiger partial charge >= 0.3 is 0 Å². The Hall–Kier alpha value is -0.520. The van der Waals surface area contributed by atoms with Gasteiger partial charge in [-0.3, -0.25) is 4.72 Å². The first-order valence-electron chi connectivity index (χ1n) is 3.18. The number of anilines is 1. The van der Waals surface area contributed by atoms with E-state index in [1.807, 2.05) is 0 Å². The zero-order valence-corrected chi connectivity index (χ0v) is 8.91. The largest absolute Gasteiger partial charge is 0.281 e. The summed E-state index contributed by atoms with van der Waals surface area (Å²) in [7, 11) is -3.33. The van der Waals surface area contributed by atoms with E-state index in [4.69, 9.17) is 23.2 Å². The van der Waals surface area contributed by atoms with Crippen LogP contribution in [0.3, 0.4) is 0 Å². The van der Waals surface area contributed by atoms with Crippen LogP contribution in [0.2, 0.25) is 10.3 Å². The lowest BCUT2D eigenvalue weighted by Gasteiger charge is -2.04. The highest BCUT2D eigenvalue weighted by Crippen LogP contribution is 2.21. The zero-order valence-electron chi connectivity index (χ0n) is 6.58. The minimum absolute atomic E-state index is 0.0259. The third-order valence-corrected chi connectivity index (χ3v) is 2.20. The summed E-state index contributed by atoms with van der Waals surface area (Å²) in [5.74, 6) is 0. The standard InChI is InChI=1S/C6H6Cl2N2O2S/c1-13(11,12)10-4-2-3-5(7)9-6(4)8/h2-3,10H,1H3. The topological polar surface area (TPSA) is 59.1 Å². The van der Waals surface area contributed by atoms with Gasteiger partial charge in [-0.1, -0.05) is 23.2 Å². The van der Waals surface area contributed by atoms with E-state index in [1.165, 1.54) is 12.1 Å². The number of halogens is 2. The van der Waals surface area contributed by atoms with Crippen molar-refractivity contribution in [3.05, 3.63) is 22.4 Å². The average Bonchev–Trinajstić information content (AvgIpc) is 1.93. The average molecular weight is 241 g/mol. The van der Waals surface area contributed by atoms with Gasteiger partial charge < -0.3 is 0 Å². The quantitative estimate of drug-likeness (QED) is 0.802. The molecule has 13 heavy (non-hydrogen) atoms. The summed E-state index contributed by atoms with van der Waals surface area (Å²) in [6.07, 6.45) is 1.03. The van der Waals surface area contributed by atoms with Gasteiger partial charge in [0.2, 0.25) is 10.0 Å². The molecule has 1 rings (SSSR count). The van der Waals surface area contributed by atoms with E-state index in [-0.39, 0.29) is 16.0 Å². The van der Waals surface area contributed by atoms with Crippen molar-refractivity contribution in [1.29, 1.82) is 0 Å². The number of nitrogens with zero attached hydrogens (tertiary/aromatic N) is 1. The van der Waals surface area contributed by atoms with Crippen LogP contribution in [0.25, 0.3) is 0 Å². The van der Waals surface area contributed by atoms with Gasteiger partial charge in [-0.25, -0.2) is 13.4 Å². The molecule has 0 atom stereocenters. The summed E-state index contributed by atoms with van der Waals surface area (Å²) < 4.78 is 23.8. The summed E-state index contributed by atoms with van der Waals surface area (Å²) in [6, 6.07) is 2.89. The Bertz CT molecular complexity index is 419. The molecule has 0 saturated heterocycles. The van der Waals surface area contributed by atoms with Crippen molar-refractivity contribution < 1.29 is 8.42 Å². The number of hydrogen-bond acceptors (Lipinski definition) is 3. The van der Waals surface area contributed by atoms with Crippen molar-refractivity contribution in [3.8, 4) is 0 Å². The van der Waals surface area contributed by atoms with Crippen LogP contribution in [0.5, 0.6) is 0 Å². The van der Waals surface area contributed by atoms with Crippen molar-refractivity contribution in [2.75, 3.05) is 11.0 Å². The lowest BCUT2D eigenvalue weighted by Crippen LogP contribution is -2.10. The Kier molecular flexibility index (Phi) is 3.00. The number of pyridine rings is 1. The van der Waals surface area contributed by atoms with Gasteiger partial charge in [-0.2, -0.15) is 0 Å². The molecule has 0 fully saturated rings. The third kappa shape index (κ3) is 3.38. The van der Waals surface area contributed by atoms with E-state index >= 15 is 0 Å². The van der Waals surface area contributed by atoms with Gasteiger partial charge in [0.1, 0.15) is 5.15 Å². The van der Waals surface area contributed by atoms with Crippen molar-refractivity contribution in [3.63, 3.8) is 0 Å². The van der Waals surface area contributed by atoms with E-state index < -0.39 is 10.0 Å². The van der Waals surface area contributed by atoms with Crippen molar-refractivity contribution in [2.24, 2.45) is 0 Å². The molecule has 0 aromatic carbocycles. The highest BCUT2D eigenvalue weighted by molar-refractivity contribution is 7.92. The van der Waals surface area contributed by atoms with E-state index in [2.05, 4.69) is 9.71 Å². The second-order valence-corrected chi connectivity index (χ2v) is 4.84. The molecule has 1 aromatic heterocycles. The van der Waals surface area contributed by atoms with E-state index in [0.29, 0.717) is 0 Å². The maximum Gasteiger partial charge on any atom is 0.229 e. The van der Waals surface area contributed by atoms with Gasteiger partial charge in [-0.15, -0.1) is 0 Å². The fraction of sp³-hybridized carbons (Fsp3) is 0.167. The Morgan fingerprint density at radius 2 is 2.00 bits per heavy atom. The fourth-order valence-corrected chi connectivity index (χ4v) is 1.70. The number of sulfonamides is 1. The molecular formula is C6H6Cl2N2O2S. The molecule has 7 heteroatoms. The smallest absolute Gasteiger partial charge is 0.229 e. The molecule has 4 nitrogen and oxygen atoms in total. The molecule has 0 radical (unpaired) electrons. The molecule has 0 spiro atoms. The molecule has 0 aliphatic rings.